The Morgan fingerprint density at radius 1 is 0.911 bits per heavy atom. The van der Waals surface area contributed by atoms with Crippen LogP contribution < -0.4 is 0 Å². The standard InChI is InChI=1S/2C17H14BrClN2O.CH4.H2/c18-11-3-6-15-14(9-11)13-7-8-21(22)17(16(13)20-15)10-1-4-12(19)5-2-10;18-14-3-6-17-16(9-14)13(10-20-17)7-8-21(22)11-12-1-4-15(19)5-2-12;;/h1-6,9,17,20,22H,7-8H2;1-6,9-11,20H,7-8H2;1H4;1H/b;21-11-;;/t17-;;;/m0.../s1/i;;;1+1. The van der Waals surface area contributed by atoms with E-state index >= 15 is 0 Å². The van der Waals surface area contributed by atoms with Gasteiger partial charge in [-0.1, -0.05) is 74.6 Å². The van der Waals surface area contributed by atoms with Gasteiger partial charge in [-0.05, 0) is 95.9 Å². The van der Waals surface area contributed by atoms with Crippen LogP contribution in [0.3, 0.4) is 0 Å². The van der Waals surface area contributed by atoms with Crippen LogP contribution in [0.5, 0.6) is 0 Å². The third-order valence-electron chi connectivity index (χ3n) is 7.74. The van der Waals surface area contributed by atoms with E-state index in [0.717, 1.165) is 58.9 Å². The molecule has 2 aromatic heterocycles. The van der Waals surface area contributed by atoms with E-state index in [1.807, 2.05) is 60.8 Å². The quantitative estimate of drug-likeness (QED) is 0.0706. The Kier molecular flexibility index (Phi) is 10.7. The molecule has 45 heavy (non-hydrogen) atoms. The van der Waals surface area contributed by atoms with Crippen LogP contribution in [0, 0.1) is 5.21 Å². The predicted molar refractivity (Wildman–Crippen MR) is 195 cm³/mol. The normalized spacial score (nSPS) is 15.0. The topological polar surface area (TPSA) is 81.1 Å². The number of fused-ring (bicyclic) bond motifs is 4. The van der Waals surface area contributed by atoms with Gasteiger partial charge in [0.25, 0.3) is 0 Å². The first-order valence-electron chi connectivity index (χ1n) is 14.1. The minimum absolute atomic E-state index is 0. The van der Waals surface area contributed by atoms with Gasteiger partial charge in [0, 0.05) is 72.6 Å². The number of hydrogen-bond acceptors (Lipinski definition) is 3. The van der Waals surface area contributed by atoms with Gasteiger partial charge in [-0.25, -0.2) is 4.74 Å². The van der Waals surface area contributed by atoms with Gasteiger partial charge in [0.15, 0.2) is 12.8 Å². The van der Waals surface area contributed by atoms with Crippen molar-refractivity contribution in [3.8, 4) is 0 Å². The summed E-state index contributed by atoms with van der Waals surface area (Å²) in [6.45, 7) is 1.02. The summed E-state index contributed by atoms with van der Waals surface area (Å²) in [6, 6.07) is 27.0. The number of hydroxylamine groups is 3. The molecule has 0 unspecified atom stereocenters. The zero-order valence-electron chi connectivity index (χ0n) is 23.4. The maximum atomic E-state index is 12.0. The molecule has 10 heteroatoms. The number of hydrogen-bond donors (Lipinski definition) is 3. The average molecular weight is 774 g/mol. The van der Waals surface area contributed by atoms with E-state index in [1.165, 1.54) is 16.0 Å². The highest BCUT2D eigenvalue weighted by Gasteiger charge is 2.30. The van der Waals surface area contributed by atoms with Crippen molar-refractivity contribution in [1.29, 1.82) is 0 Å². The Morgan fingerprint density at radius 3 is 2.22 bits per heavy atom. The van der Waals surface area contributed by atoms with Crippen molar-refractivity contribution < 1.29 is 11.4 Å². The summed E-state index contributed by atoms with van der Waals surface area (Å²) in [4.78, 5) is 6.71. The first-order valence-corrected chi connectivity index (χ1v) is 16.4. The highest BCUT2D eigenvalue weighted by molar-refractivity contribution is 9.10. The van der Waals surface area contributed by atoms with Crippen LogP contribution >= 0.6 is 55.1 Å². The Hall–Kier alpha value is -3.11. The van der Waals surface area contributed by atoms with Gasteiger partial charge in [0.05, 0.1) is 0 Å². The smallest absolute Gasteiger partial charge is 0.181 e. The fraction of sp³-hybridized carbons (Fsp3) is 0.171. The van der Waals surface area contributed by atoms with Crippen molar-refractivity contribution >= 4 is 83.1 Å². The summed E-state index contributed by atoms with van der Waals surface area (Å²) in [7, 11) is 0. The van der Waals surface area contributed by atoms with Crippen LogP contribution in [-0.4, -0.2) is 44.3 Å². The molecule has 0 saturated carbocycles. The molecule has 234 valence electrons. The monoisotopic (exact) mass is 771 g/mol. The number of aromatic nitrogens is 2. The Labute approximate surface area is 290 Å². The van der Waals surface area contributed by atoms with Gasteiger partial charge in [0.1, 0.15) is 6.04 Å². The highest BCUT2D eigenvalue weighted by atomic mass is 79.9. The third kappa shape index (κ3) is 7.65. The molecule has 6 aromatic rings. The number of benzene rings is 4. The van der Waals surface area contributed by atoms with Crippen molar-refractivity contribution in [2.75, 3.05) is 13.1 Å². The van der Waals surface area contributed by atoms with E-state index in [-0.39, 0.29) is 14.9 Å². The predicted octanol–water partition coefficient (Wildman–Crippen LogP) is 10.6. The summed E-state index contributed by atoms with van der Waals surface area (Å²) in [5.74, 6) is 0. The van der Waals surface area contributed by atoms with Crippen LogP contribution in [0.2, 0.25) is 10.0 Å². The second kappa shape index (κ2) is 14.5. The second-order valence-electron chi connectivity index (χ2n) is 10.6. The van der Waals surface area contributed by atoms with Crippen LogP contribution in [0.15, 0.2) is 100 Å². The zero-order chi connectivity index (χ0) is 30.8. The number of aromatic amines is 2. The van der Waals surface area contributed by atoms with Crippen LogP contribution in [0.4, 0.5) is 0 Å². The minimum Gasteiger partial charge on any atom is -0.624 e. The Balaban J connectivity index is 0.000000200. The van der Waals surface area contributed by atoms with E-state index in [0.29, 0.717) is 29.6 Å². The van der Waals surface area contributed by atoms with E-state index in [4.69, 9.17) is 23.2 Å². The molecule has 1 aliphatic heterocycles. The van der Waals surface area contributed by atoms with E-state index in [2.05, 4.69) is 60.0 Å². The number of halogens is 4. The first kappa shape index (κ1) is 33.3. The summed E-state index contributed by atoms with van der Waals surface area (Å²) < 4.78 is 3.06. The van der Waals surface area contributed by atoms with Gasteiger partial charge in [-0.15, -0.1) is 0 Å². The van der Waals surface area contributed by atoms with Crippen LogP contribution in [0.1, 0.15) is 42.8 Å². The van der Waals surface area contributed by atoms with Crippen LogP contribution in [0.25, 0.3) is 21.8 Å². The fourth-order valence-electron chi connectivity index (χ4n) is 5.60. The summed E-state index contributed by atoms with van der Waals surface area (Å²) in [6.07, 6.45) is 5.06. The lowest BCUT2D eigenvalue weighted by Crippen LogP contribution is -2.33. The summed E-state index contributed by atoms with van der Waals surface area (Å²) in [5, 5.41) is 27.5. The van der Waals surface area contributed by atoms with Crippen molar-refractivity contribution in [1.82, 2.24) is 15.0 Å². The fourth-order valence-corrected chi connectivity index (χ4v) is 6.57. The lowest BCUT2D eigenvalue weighted by Gasteiger charge is -2.31. The summed E-state index contributed by atoms with van der Waals surface area (Å²) >= 11 is 18.8. The number of nitrogens with zero attached hydrogens (tertiary/aromatic N) is 2. The number of rotatable bonds is 5. The summed E-state index contributed by atoms with van der Waals surface area (Å²) in [5.41, 5.74) is 7.53. The molecule has 0 spiro atoms. The first-order chi connectivity index (χ1) is 21.2. The molecular formula is C35H34Br2Cl2N4O2. The van der Waals surface area contributed by atoms with Crippen molar-refractivity contribution in [3.63, 3.8) is 0 Å². The maximum Gasteiger partial charge on any atom is 0.181 e. The SMILES string of the molecule is C.ON1CCc2c([nH]c3ccc(Br)cc23)[C@@H]1c1ccc(Cl)cc1.[2HH].[O-]/[N+](=C\c1ccc(Cl)cc1)CCc1c[nH]c2ccc(Br)cc12. The van der Waals surface area contributed by atoms with Crippen molar-refractivity contribution in [2.45, 2.75) is 26.3 Å². The molecule has 3 N–H and O–H groups in total. The van der Waals surface area contributed by atoms with E-state index in [9.17, 15) is 10.4 Å². The van der Waals surface area contributed by atoms with Crippen molar-refractivity contribution in [2.24, 2.45) is 0 Å². The molecule has 1 aliphatic rings. The van der Waals surface area contributed by atoms with Crippen molar-refractivity contribution in [3.05, 3.63) is 143 Å². The molecule has 7 rings (SSSR count). The molecule has 0 aliphatic carbocycles. The third-order valence-corrected chi connectivity index (χ3v) is 9.23. The second-order valence-corrected chi connectivity index (χ2v) is 13.4. The Bertz CT molecular complexity index is 1960. The Morgan fingerprint density at radius 2 is 1.53 bits per heavy atom. The zero-order valence-corrected chi connectivity index (χ0v) is 28.1. The molecule has 0 fully saturated rings. The van der Waals surface area contributed by atoms with E-state index < -0.39 is 0 Å². The number of nitrogens with one attached hydrogen (secondary N) is 2. The van der Waals surface area contributed by atoms with Gasteiger partial charge in [0.2, 0.25) is 0 Å². The highest BCUT2D eigenvalue weighted by Crippen LogP contribution is 2.38. The van der Waals surface area contributed by atoms with Gasteiger partial charge in [-0.2, -0.15) is 5.06 Å². The molecule has 1 atom stereocenters. The molecule has 0 radical (unpaired) electrons. The lowest BCUT2D eigenvalue weighted by molar-refractivity contribution is -0.451. The van der Waals surface area contributed by atoms with Crippen LogP contribution in [-0.2, 0) is 12.8 Å². The maximum absolute atomic E-state index is 12.0. The molecule has 6 nitrogen and oxygen atoms in total. The van der Waals surface area contributed by atoms with Gasteiger partial charge >= 0.3 is 0 Å². The molecular weight excluding hydrogens is 739 g/mol. The molecule has 0 amide bonds. The van der Waals surface area contributed by atoms with Gasteiger partial charge in [-0.3, -0.25) is 0 Å². The van der Waals surface area contributed by atoms with Gasteiger partial charge < -0.3 is 20.4 Å². The minimum atomic E-state index is -0.188. The largest absolute Gasteiger partial charge is 0.624 e. The number of H-pyrrole nitrogens is 2. The molecule has 0 saturated heterocycles. The molecule has 3 heterocycles. The molecule has 0 bridgehead atoms. The van der Waals surface area contributed by atoms with E-state index in [1.54, 1.807) is 18.3 Å². The lowest BCUT2D eigenvalue weighted by atomic mass is 9.94. The average Bonchev–Trinajstić information content (AvgIpc) is 3.58. The molecule has 4 aromatic carbocycles.